The van der Waals surface area contributed by atoms with Crippen molar-refractivity contribution in [3.8, 4) is 5.75 Å². The highest BCUT2D eigenvalue weighted by Gasteiger charge is 2.14. The van der Waals surface area contributed by atoms with E-state index in [1.165, 1.54) is 0 Å². The first-order valence-corrected chi connectivity index (χ1v) is 6.36. The van der Waals surface area contributed by atoms with Crippen LogP contribution in [0.5, 0.6) is 5.75 Å². The van der Waals surface area contributed by atoms with Crippen LogP contribution in [0, 0.1) is 0 Å². The van der Waals surface area contributed by atoms with Crippen LogP contribution in [0.3, 0.4) is 0 Å². The van der Waals surface area contributed by atoms with Crippen LogP contribution in [0.4, 0.5) is 5.69 Å². The van der Waals surface area contributed by atoms with Gasteiger partial charge in [-0.2, -0.15) is 0 Å². The van der Waals surface area contributed by atoms with Crippen LogP contribution in [-0.4, -0.2) is 19.1 Å². The number of nitrogens with one attached hydrogen (secondary N) is 1. The third-order valence-corrected chi connectivity index (χ3v) is 2.97. The van der Waals surface area contributed by atoms with Crippen LogP contribution >= 0.6 is 0 Å². The molecule has 0 fully saturated rings. The molecular formula is C14H22N2O2. The molecule has 0 aliphatic rings. The van der Waals surface area contributed by atoms with Gasteiger partial charge in [-0.1, -0.05) is 20.3 Å². The lowest BCUT2D eigenvalue weighted by atomic mass is 10.1. The summed E-state index contributed by atoms with van der Waals surface area (Å²) in [5.74, 6) is 0.542. The van der Waals surface area contributed by atoms with Crippen molar-refractivity contribution in [1.82, 2.24) is 5.32 Å². The first-order chi connectivity index (χ1) is 8.62. The molecule has 0 aliphatic heterocycles. The Balaban J connectivity index is 2.77. The molecule has 18 heavy (non-hydrogen) atoms. The molecule has 3 N–H and O–H groups in total. The molecule has 0 aromatic heterocycles. The minimum absolute atomic E-state index is 0.115. The zero-order valence-corrected chi connectivity index (χ0v) is 11.3. The summed E-state index contributed by atoms with van der Waals surface area (Å²) >= 11 is 0. The Morgan fingerprint density at radius 2 is 2.17 bits per heavy atom. The van der Waals surface area contributed by atoms with Gasteiger partial charge in [0.25, 0.3) is 5.91 Å². The molecule has 1 rings (SSSR count). The first kappa shape index (κ1) is 14.4. The Labute approximate surface area is 109 Å². The Bertz CT molecular complexity index is 405. The van der Waals surface area contributed by atoms with Crippen LogP contribution in [-0.2, 0) is 0 Å². The summed E-state index contributed by atoms with van der Waals surface area (Å²) in [4.78, 5) is 12.1. The predicted octanol–water partition coefficient (Wildman–Crippen LogP) is 2.59. The number of hydrogen-bond acceptors (Lipinski definition) is 3. The van der Waals surface area contributed by atoms with Gasteiger partial charge in [-0.05, 0) is 25.0 Å². The summed E-state index contributed by atoms with van der Waals surface area (Å²) in [7, 11) is 1.57. The second-order valence-electron chi connectivity index (χ2n) is 4.32. The number of carbonyl (C=O) groups excluding carboxylic acids is 1. The number of ether oxygens (including phenoxy) is 1. The highest BCUT2D eigenvalue weighted by atomic mass is 16.5. The summed E-state index contributed by atoms with van der Waals surface area (Å²) < 4.78 is 5.06. The van der Waals surface area contributed by atoms with E-state index >= 15 is 0 Å². The fourth-order valence-electron chi connectivity index (χ4n) is 1.86. The molecule has 1 aromatic carbocycles. The van der Waals surface area contributed by atoms with Gasteiger partial charge in [0, 0.05) is 17.8 Å². The lowest BCUT2D eigenvalue weighted by Crippen LogP contribution is -2.34. The van der Waals surface area contributed by atoms with E-state index in [4.69, 9.17) is 10.5 Å². The summed E-state index contributed by atoms with van der Waals surface area (Å²) in [5, 5.41) is 3.00. The molecule has 1 unspecified atom stereocenters. The van der Waals surface area contributed by atoms with Gasteiger partial charge >= 0.3 is 0 Å². The van der Waals surface area contributed by atoms with Gasteiger partial charge in [0.15, 0.2) is 0 Å². The maximum atomic E-state index is 12.1. The van der Waals surface area contributed by atoms with Crippen LogP contribution in [0.15, 0.2) is 18.2 Å². The third-order valence-electron chi connectivity index (χ3n) is 2.97. The second kappa shape index (κ2) is 6.89. The zero-order chi connectivity index (χ0) is 13.5. The molecule has 4 nitrogen and oxygen atoms in total. The smallest absolute Gasteiger partial charge is 0.253 e. The van der Waals surface area contributed by atoms with Gasteiger partial charge < -0.3 is 15.8 Å². The number of nitrogen functional groups attached to an aromatic ring is 1. The Hall–Kier alpha value is -1.71. The van der Waals surface area contributed by atoms with Gasteiger partial charge in [0.2, 0.25) is 0 Å². The fourth-order valence-corrected chi connectivity index (χ4v) is 1.86. The Kier molecular flexibility index (Phi) is 5.49. The van der Waals surface area contributed by atoms with E-state index in [-0.39, 0.29) is 11.9 Å². The Morgan fingerprint density at radius 1 is 1.44 bits per heavy atom. The molecule has 100 valence electrons. The lowest BCUT2D eigenvalue weighted by molar-refractivity contribution is 0.0934. The highest BCUT2D eigenvalue weighted by Crippen LogP contribution is 2.19. The van der Waals surface area contributed by atoms with Crippen molar-refractivity contribution in [2.24, 2.45) is 0 Å². The van der Waals surface area contributed by atoms with E-state index in [2.05, 4.69) is 19.2 Å². The van der Waals surface area contributed by atoms with Gasteiger partial charge in [0.1, 0.15) is 5.75 Å². The van der Waals surface area contributed by atoms with Crippen molar-refractivity contribution in [3.05, 3.63) is 23.8 Å². The number of anilines is 1. The van der Waals surface area contributed by atoms with Crippen LogP contribution in [0.2, 0.25) is 0 Å². The SMILES string of the molecule is CCCC(CC)NC(=O)c1ccc(OC)cc1N. The number of rotatable bonds is 6. The van der Waals surface area contributed by atoms with Gasteiger partial charge in [0.05, 0.1) is 12.7 Å². The summed E-state index contributed by atoms with van der Waals surface area (Å²) in [6.45, 7) is 4.18. The van der Waals surface area contributed by atoms with Crippen LogP contribution < -0.4 is 15.8 Å². The molecule has 0 aliphatic carbocycles. The average Bonchev–Trinajstić information content (AvgIpc) is 2.37. The van der Waals surface area contributed by atoms with Gasteiger partial charge in [-0.25, -0.2) is 0 Å². The summed E-state index contributed by atoms with van der Waals surface area (Å²) in [6, 6.07) is 5.31. The average molecular weight is 250 g/mol. The van der Waals surface area contributed by atoms with E-state index < -0.39 is 0 Å². The Morgan fingerprint density at radius 3 is 2.67 bits per heavy atom. The zero-order valence-electron chi connectivity index (χ0n) is 11.3. The third kappa shape index (κ3) is 3.65. The molecule has 0 saturated carbocycles. The van der Waals surface area contributed by atoms with Crippen LogP contribution in [0.1, 0.15) is 43.5 Å². The molecule has 1 amide bonds. The molecule has 1 aromatic rings. The standard InChI is InChI=1S/C14H22N2O2/c1-4-6-10(5-2)16-14(17)12-8-7-11(18-3)9-13(12)15/h7-10H,4-6,15H2,1-3H3,(H,16,17). The molecule has 1 atom stereocenters. The molecule has 0 spiro atoms. The largest absolute Gasteiger partial charge is 0.497 e. The van der Waals surface area contributed by atoms with Crippen molar-refractivity contribution in [2.75, 3.05) is 12.8 Å². The maximum absolute atomic E-state index is 12.1. The fraction of sp³-hybridized carbons (Fsp3) is 0.500. The minimum Gasteiger partial charge on any atom is -0.497 e. The monoisotopic (exact) mass is 250 g/mol. The van der Waals surface area contributed by atoms with E-state index in [0.29, 0.717) is 17.0 Å². The quantitative estimate of drug-likeness (QED) is 0.763. The second-order valence-corrected chi connectivity index (χ2v) is 4.32. The number of benzene rings is 1. The van der Waals surface area contributed by atoms with E-state index in [1.807, 2.05) is 0 Å². The first-order valence-electron chi connectivity index (χ1n) is 6.36. The van der Waals surface area contributed by atoms with Crippen molar-refractivity contribution in [3.63, 3.8) is 0 Å². The number of carbonyl (C=O) groups is 1. The maximum Gasteiger partial charge on any atom is 0.253 e. The molecule has 4 heteroatoms. The van der Waals surface area contributed by atoms with Crippen molar-refractivity contribution in [1.29, 1.82) is 0 Å². The number of amides is 1. The normalized spacial score (nSPS) is 11.9. The van der Waals surface area contributed by atoms with E-state index in [9.17, 15) is 4.79 Å². The lowest BCUT2D eigenvalue weighted by Gasteiger charge is -2.17. The molecule has 0 saturated heterocycles. The van der Waals surface area contributed by atoms with E-state index in [0.717, 1.165) is 19.3 Å². The molecule has 0 bridgehead atoms. The van der Waals surface area contributed by atoms with Crippen molar-refractivity contribution >= 4 is 11.6 Å². The number of nitrogens with two attached hydrogens (primary N) is 1. The van der Waals surface area contributed by atoms with Crippen LogP contribution in [0.25, 0.3) is 0 Å². The molecular weight excluding hydrogens is 228 g/mol. The summed E-state index contributed by atoms with van der Waals surface area (Å²) in [6.07, 6.45) is 2.96. The summed E-state index contributed by atoms with van der Waals surface area (Å²) in [5.41, 5.74) is 6.80. The van der Waals surface area contributed by atoms with Gasteiger partial charge in [-0.3, -0.25) is 4.79 Å². The highest BCUT2D eigenvalue weighted by molar-refractivity contribution is 5.99. The molecule has 0 heterocycles. The van der Waals surface area contributed by atoms with E-state index in [1.54, 1.807) is 25.3 Å². The van der Waals surface area contributed by atoms with Crippen molar-refractivity contribution in [2.45, 2.75) is 39.2 Å². The van der Waals surface area contributed by atoms with Gasteiger partial charge in [-0.15, -0.1) is 0 Å². The van der Waals surface area contributed by atoms with Crippen molar-refractivity contribution < 1.29 is 9.53 Å². The predicted molar refractivity (Wildman–Crippen MR) is 73.9 cm³/mol. The number of hydrogen-bond donors (Lipinski definition) is 2. The molecule has 0 radical (unpaired) electrons. The topological polar surface area (TPSA) is 64.3 Å². The number of methoxy groups -OCH3 is 1. The minimum atomic E-state index is -0.115.